The number of methoxy groups -OCH3 is 1. The quantitative estimate of drug-likeness (QED) is 0.320. The maximum atomic E-state index is 13.1. The van der Waals surface area contributed by atoms with Crippen LogP contribution >= 0.6 is 0 Å². The van der Waals surface area contributed by atoms with E-state index in [2.05, 4.69) is 17.0 Å². The molecule has 1 saturated heterocycles. The Morgan fingerprint density at radius 3 is 2.46 bits per heavy atom. The van der Waals surface area contributed by atoms with Crippen molar-refractivity contribution >= 4 is 29.6 Å². The molecule has 37 heavy (non-hydrogen) atoms. The molecule has 2 fully saturated rings. The summed E-state index contributed by atoms with van der Waals surface area (Å²) in [6, 6.07) is 8.83. The van der Waals surface area contributed by atoms with E-state index in [-0.39, 0.29) is 42.1 Å². The highest BCUT2D eigenvalue weighted by molar-refractivity contribution is 6.06. The van der Waals surface area contributed by atoms with Crippen molar-refractivity contribution < 1.29 is 28.2 Å². The third kappa shape index (κ3) is 4.64. The summed E-state index contributed by atoms with van der Waals surface area (Å²) in [6.07, 6.45) is 8.47. The molecule has 1 heterocycles. The molecule has 5 rings (SSSR count). The zero-order valence-electron chi connectivity index (χ0n) is 20.2. The fraction of sp³-hybridized carbons (Fsp3) is 0.286. The highest BCUT2D eigenvalue weighted by atomic mass is 19.1. The first-order chi connectivity index (χ1) is 17.9. The Labute approximate surface area is 213 Å². The number of anilines is 1. The third-order valence-electron chi connectivity index (χ3n) is 6.98. The summed E-state index contributed by atoms with van der Waals surface area (Å²) >= 11 is 0. The molecule has 4 atom stereocenters. The van der Waals surface area contributed by atoms with E-state index in [9.17, 15) is 18.8 Å². The minimum Gasteiger partial charge on any atom is -0.493 e. The van der Waals surface area contributed by atoms with Gasteiger partial charge in [0.2, 0.25) is 0 Å². The lowest BCUT2D eigenvalue weighted by molar-refractivity contribution is -0.140. The molecule has 3 amide bonds. The fourth-order valence-corrected chi connectivity index (χ4v) is 5.37. The van der Waals surface area contributed by atoms with Gasteiger partial charge in [0.05, 0.1) is 25.2 Å². The fourth-order valence-electron chi connectivity index (χ4n) is 5.37. The van der Waals surface area contributed by atoms with Gasteiger partial charge < -0.3 is 14.8 Å². The van der Waals surface area contributed by atoms with Crippen LogP contribution in [0.25, 0.3) is 0 Å². The summed E-state index contributed by atoms with van der Waals surface area (Å²) < 4.78 is 24.4. The van der Waals surface area contributed by atoms with Crippen LogP contribution in [-0.2, 0) is 20.8 Å². The van der Waals surface area contributed by atoms with Crippen LogP contribution in [0.1, 0.15) is 17.5 Å². The van der Waals surface area contributed by atoms with Crippen LogP contribution in [0, 0.1) is 29.5 Å². The van der Waals surface area contributed by atoms with Crippen LogP contribution in [0.3, 0.4) is 0 Å². The Morgan fingerprint density at radius 2 is 1.84 bits per heavy atom. The molecule has 2 bridgehead atoms. The van der Waals surface area contributed by atoms with Crippen molar-refractivity contribution in [1.82, 2.24) is 5.01 Å². The van der Waals surface area contributed by atoms with Gasteiger partial charge in [-0.25, -0.2) is 4.39 Å². The first-order valence-electron chi connectivity index (χ1n) is 12.0. The number of benzene rings is 2. The molecule has 0 spiro atoms. The minimum atomic E-state index is -0.427. The maximum absolute atomic E-state index is 13.1. The highest BCUT2D eigenvalue weighted by Crippen LogP contribution is 2.52. The summed E-state index contributed by atoms with van der Waals surface area (Å²) in [4.78, 5) is 38.2. The largest absolute Gasteiger partial charge is 0.493 e. The first kappa shape index (κ1) is 24.4. The predicted octanol–water partition coefficient (Wildman–Crippen LogP) is 3.72. The van der Waals surface area contributed by atoms with Crippen molar-refractivity contribution in [2.75, 3.05) is 19.0 Å². The number of carbonyl (C=O) groups is 3. The van der Waals surface area contributed by atoms with E-state index in [0.717, 1.165) is 11.4 Å². The Balaban J connectivity index is 1.31. The second-order valence-electron chi connectivity index (χ2n) is 9.28. The minimum absolute atomic E-state index is 0.114. The van der Waals surface area contributed by atoms with Crippen molar-refractivity contribution in [1.29, 1.82) is 0 Å². The molecule has 9 heteroatoms. The van der Waals surface area contributed by atoms with Crippen LogP contribution in [0.4, 0.5) is 10.1 Å². The molecule has 0 unspecified atom stereocenters. The summed E-state index contributed by atoms with van der Waals surface area (Å²) in [5.74, 6) is -1.03. The van der Waals surface area contributed by atoms with Gasteiger partial charge in [-0.1, -0.05) is 18.2 Å². The average molecular weight is 504 g/mol. The topological polar surface area (TPSA) is 97.3 Å². The Hall–Kier alpha value is -4.27. The van der Waals surface area contributed by atoms with Gasteiger partial charge in [0.25, 0.3) is 17.7 Å². The van der Waals surface area contributed by atoms with Crippen molar-refractivity contribution in [3.63, 3.8) is 0 Å². The number of imide groups is 1. The second kappa shape index (κ2) is 10.0. The van der Waals surface area contributed by atoms with Gasteiger partial charge in [0.1, 0.15) is 5.82 Å². The normalized spacial score (nSPS) is 23.6. The van der Waals surface area contributed by atoms with E-state index >= 15 is 0 Å². The van der Waals surface area contributed by atoms with E-state index in [4.69, 9.17) is 9.47 Å². The lowest BCUT2D eigenvalue weighted by Gasteiger charge is -2.16. The number of hydrogen-bond donors (Lipinski definition) is 1. The smallest absolute Gasteiger partial charge is 0.262 e. The number of fused-ring (bicyclic) bond motifs is 5. The predicted molar refractivity (Wildman–Crippen MR) is 135 cm³/mol. The number of nitrogens with zero attached hydrogens (tertiary/aromatic N) is 2. The molecule has 0 aromatic heterocycles. The van der Waals surface area contributed by atoms with Gasteiger partial charge in [-0.15, -0.1) is 6.58 Å². The highest BCUT2D eigenvalue weighted by Gasteiger charge is 2.59. The number of rotatable bonds is 9. The number of amides is 3. The van der Waals surface area contributed by atoms with Crippen LogP contribution in [-0.4, -0.2) is 42.7 Å². The molecule has 0 radical (unpaired) electrons. The molecular weight excluding hydrogens is 477 g/mol. The molecule has 190 valence electrons. The molecule has 1 aliphatic heterocycles. The van der Waals surface area contributed by atoms with Crippen LogP contribution < -0.4 is 14.8 Å². The standard InChI is InChI=1S/C28H26FN3O5/c1-3-4-19-11-16(14-30-32-27(34)24-17-5-6-18(13-17)25(24)28(32)35)12-22(36-2)26(19)37-15-23(33)31-21-9-7-20(29)8-10-21/h3,5-12,14,17-18,24-25H,1,4,13,15H2,2H3,(H,31,33)/t17-,18-,24-,25+/m0/s1. The second-order valence-corrected chi connectivity index (χ2v) is 9.28. The van der Waals surface area contributed by atoms with Crippen molar-refractivity contribution in [3.05, 3.63) is 78.1 Å². The molecule has 1 saturated carbocycles. The van der Waals surface area contributed by atoms with Gasteiger partial charge in [0.15, 0.2) is 18.1 Å². The van der Waals surface area contributed by atoms with Gasteiger partial charge in [-0.05, 0) is 66.6 Å². The van der Waals surface area contributed by atoms with Crippen molar-refractivity contribution in [3.8, 4) is 11.5 Å². The van der Waals surface area contributed by atoms with E-state index in [1.807, 2.05) is 12.2 Å². The molecule has 8 nitrogen and oxygen atoms in total. The molecule has 1 N–H and O–H groups in total. The number of allylic oxidation sites excluding steroid dienone is 3. The lowest BCUT2D eigenvalue weighted by atomic mass is 9.85. The van der Waals surface area contributed by atoms with Gasteiger partial charge in [-0.2, -0.15) is 10.1 Å². The summed E-state index contributed by atoms with van der Waals surface area (Å²) in [5, 5.41) is 7.87. The average Bonchev–Trinajstić information content (AvgIpc) is 3.57. The Morgan fingerprint density at radius 1 is 1.16 bits per heavy atom. The monoisotopic (exact) mass is 503 g/mol. The van der Waals surface area contributed by atoms with E-state index in [1.165, 1.54) is 37.6 Å². The summed E-state index contributed by atoms with van der Waals surface area (Å²) in [5.41, 5.74) is 1.72. The maximum Gasteiger partial charge on any atom is 0.262 e. The molecule has 2 aliphatic carbocycles. The zero-order valence-corrected chi connectivity index (χ0v) is 20.2. The Kier molecular flexibility index (Phi) is 6.60. The van der Waals surface area contributed by atoms with Gasteiger partial charge in [0, 0.05) is 11.3 Å². The summed E-state index contributed by atoms with van der Waals surface area (Å²) in [6.45, 7) is 3.47. The number of carbonyl (C=O) groups excluding carboxylic acids is 3. The van der Waals surface area contributed by atoms with Crippen molar-refractivity contribution in [2.45, 2.75) is 12.8 Å². The number of nitrogens with one attached hydrogen (secondary N) is 1. The molecule has 3 aliphatic rings. The summed E-state index contributed by atoms with van der Waals surface area (Å²) in [7, 11) is 1.47. The number of hydrogen-bond acceptors (Lipinski definition) is 6. The Bertz CT molecular complexity index is 1290. The van der Waals surface area contributed by atoms with Crippen LogP contribution in [0.5, 0.6) is 11.5 Å². The van der Waals surface area contributed by atoms with E-state index in [0.29, 0.717) is 34.7 Å². The molecular formula is C28H26FN3O5. The van der Waals surface area contributed by atoms with Gasteiger partial charge in [-0.3, -0.25) is 14.4 Å². The zero-order chi connectivity index (χ0) is 26.1. The molecule has 2 aromatic rings. The number of hydrazone groups is 1. The SMILES string of the molecule is C=CCc1cc(C=NN2C(=O)[C@@H]3[C@H](C2=O)[C@H]2C=C[C@H]3C2)cc(OC)c1OCC(=O)Nc1ccc(F)cc1. The number of halogens is 1. The van der Waals surface area contributed by atoms with E-state index in [1.54, 1.807) is 18.2 Å². The lowest BCUT2D eigenvalue weighted by Crippen LogP contribution is -2.28. The van der Waals surface area contributed by atoms with Gasteiger partial charge >= 0.3 is 0 Å². The van der Waals surface area contributed by atoms with Crippen LogP contribution in [0.2, 0.25) is 0 Å². The third-order valence-corrected chi connectivity index (χ3v) is 6.98. The first-order valence-corrected chi connectivity index (χ1v) is 12.0. The molecule has 2 aromatic carbocycles. The van der Waals surface area contributed by atoms with Crippen molar-refractivity contribution in [2.24, 2.45) is 28.8 Å². The number of ether oxygens (including phenoxy) is 2. The van der Waals surface area contributed by atoms with Crippen LogP contribution in [0.15, 0.2) is 66.3 Å². The van der Waals surface area contributed by atoms with E-state index < -0.39 is 11.7 Å².